The highest BCUT2D eigenvalue weighted by molar-refractivity contribution is 6.01. The maximum atomic E-state index is 11.4. The van der Waals surface area contributed by atoms with Gasteiger partial charge in [0, 0.05) is 6.20 Å². The van der Waals surface area contributed by atoms with Crippen LogP contribution in [0.3, 0.4) is 0 Å². The van der Waals surface area contributed by atoms with Crippen molar-refractivity contribution in [1.29, 1.82) is 0 Å². The van der Waals surface area contributed by atoms with Crippen molar-refractivity contribution >= 4 is 11.5 Å². The van der Waals surface area contributed by atoms with Crippen LogP contribution in [0.2, 0.25) is 0 Å². The molecular weight excluding hydrogens is 248 g/mol. The molecule has 4 rings (SSSR count). The molecule has 1 aliphatic heterocycles. The fourth-order valence-electron chi connectivity index (χ4n) is 2.97. The molecule has 0 bridgehead atoms. The van der Waals surface area contributed by atoms with Gasteiger partial charge in [0.05, 0.1) is 17.1 Å². The molecule has 0 atom stereocenters. The zero-order chi connectivity index (χ0) is 13.7. The minimum Gasteiger partial charge on any atom is -0.366 e. The maximum Gasteiger partial charge on any atom is 0.178 e. The second-order valence-electron chi connectivity index (χ2n) is 5.35. The molecule has 0 saturated heterocycles. The number of aromatic nitrogens is 1. The van der Waals surface area contributed by atoms with Gasteiger partial charge >= 0.3 is 0 Å². The summed E-state index contributed by atoms with van der Waals surface area (Å²) in [5, 5.41) is 3.57. The van der Waals surface area contributed by atoms with Crippen LogP contribution in [0, 0.1) is 6.92 Å². The minimum absolute atomic E-state index is 0.0329. The summed E-state index contributed by atoms with van der Waals surface area (Å²) in [6.07, 6.45) is 9.19. The molecule has 3 nitrogen and oxygen atoms in total. The average Bonchev–Trinajstić information content (AvgIpc) is 2.92. The van der Waals surface area contributed by atoms with E-state index in [1.165, 1.54) is 5.56 Å². The Bertz CT molecular complexity index is 764. The van der Waals surface area contributed by atoms with Gasteiger partial charge in [0.25, 0.3) is 0 Å². The number of carbonyl (C=O) groups excluding carboxylic acids is 1. The second kappa shape index (κ2) is 3.73. The zero-order valence-corrected chi connectivity index (χ0v) is 11.1. The van der Waals surface area contributed by atoms with E-state index in [4.69, 9.17) is 0 Å². The number of benzene rings is 1. The molecule has 0 radical (unpaired) electrons. The van der Waals surface area contributed by atoms with Crippen LogP contribution in [0.4, 0.5) is 5.69 Å². The highest BCUT2D eigenvalue weighted by Crippen LogP contribution is 2.40. The molecule has 1 aliphatic carbocycles. The summed E-state index contributed by atoms with van der Waals surface area (Å²) in [6.45, 7) is 2.08. The smallest absolute Gasteiger partial charge is 0.178 e. The summed E-state index contributed by atoms with van der Waals surface area (Å²) in [6, 6.07) is 10.5. The Hall–Kier alpha value is -2.55. The number of ketones is 1. The molecule has 1 spiro atoms. The molecule has 2 heterocycles. The number of aryl methyl sites for hydroxylation is 1. The Morgan fingerprint density at radius 1 is 1.15 bits per heavy atom. The molecule has 98 valence electrons. The summed E-state index contributed by atoms with van der Waals surface area (Å²) in [4.78, 5) is 11.4. The van der Waals surface area contributed by atoms with Gasteiger partial charge in [-0.15, -0.1) is 0 Å². The van der Waals surface area contributed by atoms with Crippen LogP contribution in [-0.4, -0.2) is 10.4 Å². The maximum absolute atomic E-state index is 11.4. The fraction of sp³-hybridized carbons (Fsp3) is 0.118. The van der Waals surface area contributed by atoms with E-state index in [0.29, 0.717) is 0 Å². The predicted molar refractivity (Wildman–Crippen MR) is 79.1 cm³/mol. The van der Waals surface area contributed by atoms with Crippen molar-refractivity contribution in [2.75, 3.05) is 5.32 Å². The van der Waals surface area contributed by atoms with Crippen LogP contribution in [0.25, 0.3) is 5.69 Å². The SMILES string of the molecule is Cc1ccc2c(c1)NC1(C=CC(=O)C=C1)c1cccn1-2. The van der Waals surface area contributed by atoms with E-state index in [2.05, 4.69) is 47.3 Å². The first-order valence-corrected chi connectivity index (χ1v) is 6.67. The quantitative estimate of drug-likeness (QED) is 0.791. The number of hydrogen-bond donors (Lipinski definition) is 1. The van der Waals surface area contributed by atoms with E-state index in [-0.39, 0.29) is 5.78 Å². The lowest BCUT2D eigenvalue weighted by Gasteiger charge is -2.38. The third-order valence-corrected chi connectivity index (χ3v) is 3.95. The zero-order valence-electron chi connectivity index (χ0n) is 11.1. The van der Waals surface area contributed by atoms with Gasteiger partial charge in [-0.05, 0) is 61.1 Å². The Morgan fingerprint density at radius 2 is 1.95 bits per heavy atom. The normalized spacial score (nSPS) is 17.8. The largest absolute Gasteiger partial charge is 0.366 e. The van der Waals surface area contributed by atoms with Crippen molar-refractivity contribution in [3.8, 4) is 5.69 Å². The number of hydrogen-bond acceptors (Lipinski definition) is 2. The predicted octanol–water partition coefficient (Wildman–Crippen LogP) is 3.10. The van der Waals surface area contributed by atoms with Gasteiger partial charge in [0.2, 0.25) is 0 Å². The van der Waals surface area contributed by atoms with E-state index in [1.54, 1.807) is 12.2 Å². The van der Waals surface area contributed by atoms with Gasteiger partial charge in [0.1, 0.15) is 5.54 Å². The van der Waals surface area contributed by atoms with Crippen molar-refractivity contribution < 1.29 is 4.79 Å². The van der Waals surface area contributed by atoms with E-state index in [1.807, 2.05) is 18.2 Å². The van der Waals surface area contributed by atoms with E-state index in [0.717, 1.165) is 17.1 Å². The molecule has 1 N–H and O–H groups in total. The summed E-state index contributed by atoms with van der Waals surface area (Å²) < 4.78 is 2.18. The molecule has 1 aromatic carbocycles. The number of carbonyl (C=O) groups is 1. The van der Waals surface area contributed by atoms with Crippen molar-refractivity contribution in [1.82, 2.24) is 4.57 Å². The van der Waals surface area contributed by atoms with Crippen LogP contribution in [0.1, 0.15) is 11.3 Å². The third kappa shape index (κ3) is 1.43. The second-order valence-corrected chi connectivity index (χ2v) is 5.35. The standard InChI is InChI=1S/C17H14N2O/c1-12-4-5-15-14(11-12)18-17(8-6-13(20)7-9-17)16-3-2-10-19(15)16/h2-11,18H,1H3. The molecule has 1 aromatic heterocycles. The first-order valence-electron chi connectivity index (χ1n) is 6.67. The fourth-order valence-corrected chi connectivity index (χ4v) is 2.97. The molecular formula is C17H14N2O. The Labute approximate surface area is 117 Å². The lowest BCUT2D eigenvalue weighted by Crippen LogP contribution is -2.38. The molecule has 2 aliphatic rings. The third-order valence-electron chi connectivity index (χ3n) is 3.95. The lowest BCUT2D eigenvalue weighted by atomic mass is 9.87. The summed E-state index contributed by atoms with van der Waals surface area (Å²) >= 11 is 0. The molecule has 0 amide bonds. The molecule has 0 fully saturated rings. The van der Waals surface area contributed by atoms with Crippen molar-refractivity contribution in [3.05, 3.63) is 72.1 Å². The molecule has 0 unspecified atom stereocenters. The Kier molecular flexibility index (Phi) is 2.11. The molecule has 0 saturated carbocycles. The van der Waals surface area contributed by atoms with Gasteiger partial charge < -0.3 is 9.88 Å². The number of allylic oxidation sites excluding steroid dienone is 2. The Morgan fingerprint density at radius 3 is 2.75 bits per heavy atom. The molecule has 20 heavy (non-hydrogen) atoms. The highest BCUT2D eigenvalue weighted by Gasteiger charge is 2.36. The van der Waals surface area contributed by atoms with Gasteiger partial charge in [-0.25, -0.2) is 0 Å². The van der Waals surface area contributed by atoms with Crippen molar-refractivity contribution in [3.63, 3.8) is 0 Å². The van der Waals surface area contributed by atoms with Crippen LogP contribution in [-0.2, 0) is 10.3 Å². The number of rotatable bonds is 0. The number of fused-ring (bicyclic) bond motifs is 4. The van der Waals surface area contributed by atoms with Gasteiger partial charge in [-0.3, -0.25) is 4.79 Å². The van der Waals surface area contributed by atoms with E-state index >= 15 is 0 Å². The number of nitrogens with zero attached hydrogens (tertiary/aromatic N) is 1. The van der Waals surface area contributed by atoms with Crippen LogP contribution >= 0.6 is 0 Å². The van der Waals surface area contributed by atoms with Crippen LogP contribution < -0.4 is 5.32 Å². The average molecular weight is 262 g/mol. The van der Waals surface area contributed by atoms with Crippen LogP contribution in [0.15, 0.2) is 60.8 Å². The van der Waals surface area contributed by atoms with Crippen LogP contribution in [0.5, 0.6) is 0 Å². The van der Waals surface area contributed by atoms with Crippen molar-refractivity contribution in [2.24, 2.45) is 0 Å². The number of nitrogens with one attached hydrogen (secondary N) is 1. The number of anilines is 1. The minimum atomic E-state index is -0.432. The highest BCUT2D eigenvalue weighted by atomic mass is 16.1. The van der Waals surface area contributed by atoms with Gasteiger partial charge in [-0.1, -0.05) is 6.07 Å². The topological polar surface area (TPSA) is 34.0 Å². The van der Waals surface area contributed by atoms with E-state index in [9.17, 15) is 4.79 Å². The first kappa shape index (κ1) is 11.3. The Balaban J connectivity index is 1.97. The summed E-state index contributed by atoms with van der Waals surface area (Å²) in [7, 11) is 0. The molecule has 2 aromatic rings. The molecule has 3 heteroatoms. The van der Waals surface area contributed by atoms with E-state index < -0.39 is 5.54 Å². The first-order chi connectivity index (χ1) is 9.68. The lowest BCUT2D eigenvalue weighted by molar-refractivity contribution is -0.110. The van der Waals surface area contributed by atoms with Gasteiger partial charge in [-0.2, -0.15) is 0 Å². The summed E-state index contributed by atoms with van der Waals surface area (Å²) in [5.74, 6) is 0.0329. The van der Waals surface area contributed by atoms with Crippen molar-refractivity contribution in [2.45, 2.75) is 12.5 Å². The summed E-state index contributed by atoms with van der Waals surface area (Å²) in [5.41, 5.74) is 4.12. The van der Waals surface area contributed by atoms with Gasteiger partial charge in [0.15, 0.2) is 5.78 Å². The monoisotopic (exact) mass is 262 g/mol.